The molecule has 0 aromatic rings. The number of amides is 2. The van der Waals surface area contributed by atoms with Gasteiger partial charge in [0.2, 0.25) is 17.3 Å². The summed E-state index contributed by atoms with van der Waals surface area (Å²) in [4.78, 5) is 44.1. The Morgan fingerprint density at radius 3 is 2.14 bits per heavy atom. The van der Waals surface area contributed by atoms with Crippen molar-refractivity contribution in [2.24, 2.45) is 5.73 Å². The average molecular weight is 342 g/mol. The molecule has 0 rings (SSSR count). The highest BCUT2D eigenvalue weighted by Crippen LogP contribution is 1.99. The van der Waals surface area contributed by atoms with E-state index in [1.165, 1.54) is 0 Å². The molecular formula is C10H16ClN3O6S. The summed E-state index contributed by atoms with van der Waals surface area (Å²) in [6.07, 6.45) is -0.302. The maximum atomic E-state index is 11.6. The second-order valence-corrected chi connectivity index (χ2v) is 4.80. The molecule has 3 unspecified atom stereocenters. The number of hydrogen-bond acceptors (Lipinski definition) is 6. The van der Waals surface area contributed by atoms with Gasteiger partial charge < -0.3 is 26.6 Å². The second-order valence-electron chi connectivity index (χ2n) is 4.00. The van der Waals surface area contributed by atoms with Crippen LogP contribution in [0, 0.1) is 0 Å². The molecular weight excluding hydrogens is 326 g/mol. The molecule has 0 bridgehead atoms. The van der Waals surface area contributed by atoms with Crippen LogP contribution in [0.4, 0.5) is 0 Å². The van der Waals surface area contributed by atoms with Crippen LogP contribution >= 0.6 is 24.2 Å². The van der Waals surface area contributed by atoms with Crippen LogP contribution in [-0.4, -0.2) is 57.3 Å². The lowest BCUT2D eigenvalue weighted by Gasteiger charge is -2.17. The Hall–Kier alpha value is -1.52. The van der Waals surface area contributed by atoms with Crippen molar-refractivity contribution >= 4 is 48.0 Å². The Kier molecular flexibility index (Phi) is 8.74. The Bertz CT molecular complexity index is 422. The van der Waals surface area contributed by atoms with Crippen molar-refractivity contribution in [1.29, 1.82) is 0 Å². The highest BCUT2D eigenvalue weighted by Gasteiger charge is 2.24. The Labute approximate surface area is 130 Å². The number of nitrogens with two attached hydrogens (primary N) is 1. The van der Waals surface area contributed by atoms with Gasteiger partial charge in [-0.25, -0.2) is 4.79 Å². The summed E-state index contributed by atoms with van der Waals surface area (Å²) in [5.74, 6) is -4.20. The van der Waals surface area contributed by atoms with Gasteiger partial charge in [0.15, 0.2) is 0 Å². The summed E-state index contributed by atoms with van der Waals surface area (Å²) in [5, 5.41) is 21.3. The van der Waals surface area contributed by atoms with E-state index in [0.717, 1.165) is 0 Å². The first-order valence-corrected chi connectivity index (χ1v) is 6.81. The molecule has 120 valence electrons. The number of thiol groups is 1. The van der Waals surface area contributed by atoms with E-state index in [4.69, 9.17) is 27.5 Å². The smallest absolute Gasteiger partial charge is 0.341 e. The molecule has 11 heteroatoms. The van der Waals surface area contributed by atoms with E-state index in [0.29, 0.717) is 0 Å². The molecule has 9 nitrogen and oxygen atoms in total. The van der Waals surface area contributed by atoms with E-state index in [-0.39, 0.29) is 18.6 Å². The van der Waals surface area contributed by atoms with Crippen molar-refractivity contribution in [3.8, 4) is 0 Å². The quantitative estimate of drug-likeness (QED) is 0.167. The molecule has 0 aromatic heterocycles. The van der Waals surface area contributed by atoms with E-state index in [1.54, 1.807) is 0 Å². The molecule has 0 fully saturated rings. The lowest BCUT2D eigenvalue weighted by molar-refractivity contribution is -0.139. The number of rotatable bonds is 9. The molecule has 0 aliphatic rings. The largest absolute Gasteiger partial charge is 0.480 e. The van der Waals surface area contributed by atoms with E-state index in [2.05, 4.69) is 17.9 Å². The number of carboxylic acid groups (broad SMARTS) is 2. The van der Waals surface area contributed by atoms with Gasteiger partial charge in [0.05, 0.1) is 0 Å². The molecule has 0 aromatic carbocycles. The number of hydrogen-bond donors (Lipinski definition) is 6. The first-order valence-electron chi connectivity index (χ1n) is 5.74. The Balaban J connectivity index is 4.36. The highest BCUT2D eigenvalue weighted by molar-refractivity contribution is 7.80. The molecule has 0 saturated heterocycles. The van der Waals surface area contributed by atoms with E-state index < -0.39 is 41.3 Å². The topological polar surface area (TPSA) is 159 Å². The third kappa shape index (κ3) is 7.73. The van der Waals surface area contributed by atoms with Gasteiger partial charge in [-0.15, -0.1) is 0 Å². The summed E-state index contributed by atoms with van der Waals surface area (Å²) in [5.41, 5.74) is 3.60. The number of carboxylic acids is 2. The first kappa shape index (κ1) is 19.5. The molecule has 0 spiro atoms. The molecule has 2 amide bonds. The standard InChI is InChI=1S/C10H16ClN3O6S/c11-7(10(19)20)14-8(16)5(3-21)13-6(15)2-1-4(12)9(17)18/h4-5,7,21H,1-3,12H2,(H,13,15)(H,14,16)(H,17,18)(H,19,20). The lowest BCUT2D eigenvalue weighted by Crippen LogP contribution is -2.51. The molecule has 0 aliphatic carbocycles. The molecule has 3 atom stereocenters. The van der Waals surface area contributed by atoms with Crippen LogP contribution in [0.5, 0.6) is 0 Å². The zero-order valence-electron chi connectivity index (χ0n) is 10.8. The van der Waals surface area contributed by atoms with Crippen molar-refractivity contribution in [3.63, 3.8) is 0 Å². The van der Waals surface area contributed by atoms with Gasteiger partial charge in [0.1, 0.15) is 12.1 Å². The SMILES string of the molecule is NC(CCC(=O)NC(CS)C(=O)NC(Cl)C(=O)O)C(=O)O. The number of nitrogens with one attached hydrogen (secondary N) is 2. The predicted molar refractivity (Wildman–Crippen MR) is 76.0 cm³/mol. The summed E-state index contributed by atoms with van der Waals surface area (Å²) < 4.78 is 0. The van der Waals surface area contributed by atoms with Crippen molar-refractivity contribution < 1.29 is 29.4 Å². The highest BCUT2D eigenvalue weighted by atomic mass is 35.5. The van der Waals surface area contributed by atoms with Gasteiger partial charge in [-0.3, -0.25) is 14.4 Å². The van der Waals surface area contributed by atoms with Crippen LogP contribution in [0.3, 0.4) is 0 Å². The van der Waals surface area contributed by atoms with Crippen LogP contribution in [0.15, 0.2) is 0 Å². The van der Waals surface area contributed by atoms with Crippen molar-refractivity contribution in [1.82, 2.24) is 10.6 Å². The van der Waals surface area contributed by atoms with Gasteiger partial charge >= 0.3 is 11.9 Å². The lowest BCUT2D eigenvalue weighted by atomic mass is 10.1. The predicted octanol–water partition coefficient (Wildman–Crippen LogP) is -1.64. The molecule has 0 heterocycles. The third-order valence-electron chi connectivity index (χ3n) is 2.32. The van der Waals surface area contributed by atoms with Crippen molar-refractivity contribution in [2.45, 2.75) is 30.4 Å². The number of carbonyl (C=O) groups is 4. The summed E-state index contributed by atoms with van der Waals surface area (Å²) in [7, 11) is 0. The molecule has 0 radical (unpaired) electrons. The number of aliphatic carboxylic acids is 2. The van der Waals surface area contributed by atoms with E-state index in [9.17, 15) is 19.2 Å². The fraction of sp³-hybridized carbons (Fsp3) is 0.600. The van der Waals surface area contributed by atoms with Gasteiger partial charge in [-0.05, 0) is 6.42 Å². The molecule has 21 heavy (non-hydrogen) atoms. The van der Waals surface area contributed by atoms with Gasteiger partial charge in [-0.2, -0.15) is 12.6 Å². The van der Waals surface area contributed by atoms with Crippen LogP contribution in [-0.2, 0) is 19.2 Å². The van der Waals surface area contributed by atoms with E-state index >= 15 is 0 Å². The molecule has 0 saturated carbocycles. The third-order valence-corrected chi connectivity index (χ3v) is 2.98. The minimum Gasteiger partial charge on any atom is -0.480 e. The Morgan fingerprint density at radius 2 is 1.71 bits per heavy atom. The maximum Gasteiger partial charge on any atom is 0.341 e. The van der Waals surface area contributed by atoms with Gasteiger partial charge in [-0.1, -0.05) is 11.6 Å². The van der Waals surface area contributed by atoms with Crippen molar-refractivity contribution in [3.05, 3.63) is 0 Å². The van der Waals surface area contributed by atoms with Crippen LogP contribution in [0.2, 0.25) is 0 Å². The normalized spacial score (nSPS) is 14.6. The zero-order valence-corrected chi connectivity index (χ0v) is 12.4. The fourth-order valence-corrected chi connectivity index (χ4v) is 1.52. The van der Waals surface area contributed by atoms with E-state index in [1.807, 2.05) is 5.32 Å². The number of carbonyl (C=O) groups excluding carboxylic acids is 2. The minimum atomic E-state index is -1.63. The zero-order chi connectivity index (χ0) is 16.6. The molecule has 0 aliphatic heterocycles. The van der Waals surface area contributed by atoms with Gasteiger partial charge in [0, 0.05) is 12.2 Å². The maximum absolute atomic E-state index is 11.6. The van der Waals surface area contributed by atoms with Crippen LogP contribution < -0.4 is 16.4 Å². The number of halogens is 1. The van der Waals surface area contributed by atoms with Crippen molar-refractivity contribution in [2.75, 3.05) is 5.75 Å². The summed E-state index contributed by atoms with van der Waals surface area (Å²) in [6.45, 7) is 0. The second kappa shape index (κ2) is 9.42. The van der Waals surface area contributed by atoms with Gasteiger partial charge in [0.25, 0.3) is 0 Å². The average Bonchev–Trinajstić information content (AvgIpc) is 2.41. The first-order chi connectivity index (χ1) is 9.68. The Morgan fingerprint density at radius 1 is 1.14 bits per heavy atom. The number of alkyl halides is 1. The minimum absolute atomic E-state index is 0.0915. The summed E-state index contributed by atoms with van der Waals surface area (Å²) >= 11 is 9.20. The summed E-state index contributed by atoms with van der Waals surface area (Å²) in [6, 6.07) is -2.28. The van der Waals surface area contributed by atoms with Crippen LogP contribution in [0.25, 0.3) is 0 Å². The monoisotopic (exact) mass is 341 g/mol. The fourth-order valence-electron chi connectivity index (χ4n) is 1.16. The molecule has 6 N–H and O–H groups in total. The van der Waals surface area contributed by atoms with Crippen LogP contribution in [0.1, 0.15) is 12.8 Å².